The number of aryl methyl sites for hydroxylation is 1. The Balaban J connectivity index is 1.84. The van der Waals surface area contributed by atoms with E-state index in [1.54, 1.807) is 9.69 Å². The van der Waals surface area contributed by atoms with E-state index in [-0.39, 0.29) is 24.2 Å². The maximum Gasteiger partial charge on any atom is 0.243 e. The van der Waals surface area contributed by atoms with Gasteiger partial charge in [0.25, 0.3) is 0 Å². The molecule has 2 unspecified atom stereocenters. The summed E-state index contributed by atoms with van der Waals surface area (Å²) in [5, 5.41) is 10.5. The summed E-state index contributed by atoms with van der Waals surface area (Å²) in [6, 6.07) is 0.142. The van der Waals surface area contributed by atoms with Crippen LogP contribution in [0.4, 0.5) is 0 Å². The quantitative estimate of drug-likeness (QED) is 0.833. The van der Waals surface area contributed by atoms with Gasteiger partial charge in [0.15, 0.2) is 0 Å². The number of rotatable bonds is 2. The molecule has 1 fully saturated rings. The average molecular weight is 290 g/mol. The van der Waals surface area contributed by atoms with Crippen LogP contribution in [0.2, 0.25) is 0 Å². The number of hydrogen-bond acceptors (Lipinski definition) is 4. The summed E-state index contributed by atoms with van der Waals surface area (Å²) in [5.74, 6) is 0.119. The lowest BCUT2D eigenvalue weighted by Gasteiger charge is -2.38. The molecule has 2 aliphatic heterocycles. The molecular weight excluding hydrogens is 268 g/mol. The Bertz CT molecular complexity index is 556. The van der Waals surface area contributed by atoms with Crippen molar-refractivity contribution < 1.29 is 9.53 Å². The number of nitrogens with zero attached hydrogens (tertiary/aromatic N) is 4. The smallest absolute Gasteiger partial charge is 0.243 e. The summed E-state index contributed by atoms with van der Waals surface area (Å²) in [5.41, 5.74) is 1.96. The highest BCUT2D eigenvalue weighted by Gasteiger charge is 2.34. The summed E-state index contributed by atoms with van der Waals surface area (Å²) < 4.78 is 7.52. The van der Waals surface area contributed by atoms with Gasteiger partial charge in [0.2, 0.25) is 5.91 Å². The fourth-order valence-electron chi connectivity index (χ4n) is 3.20. The van der Waals surface area contributed by atoms with Crippen LogP contribution in [-0.2, 0) is 16.6 Å². The highest BCUT2D eigenvalue weighted by Crippen LogP contribution is 2.27. The number of aromatic nitrogens is 2. The van der Waals surface area contributed by atoms with Crippen molar-refractivity contribution in [1.82, 2.24) is 14.8 Å². The zero-order valence-electron chi connectivity index (χ0n) is 12.8. The van der Waals surface area contributed by atoms with Gasteiger partial charge in [-0.1, -0.05) is 0 Å². The molecule has 0 aliphatic carbocycles. The SMILES string of the molecule is CC1CC(N2N=C(c3cnn(C)c3)CCC2=O)CC(C)O1. The number of hydrazone groups is 1. The minimum atomic E-state index is 0.119. The van der Waals surface area contributed by atoms with Crippen LogP contribution < -0.4 is 0 Å². The molecule has 1 aromatic heterocycles. The van der Waals surface area contributed by atoms with Crippen LogP contribution in [-0.4, -0.2) is 44.7 Å². The van der Waals surface area contributed by atoms with Gasteiger partial charge in [0.1, 0.15) is 0 Å². The van der Waals surface area contributed by atoms with Gasteiger partial charge >= 0.3 is 0 Å². The maximum atomic E-state index is 12.2. The molecule has 1 amide bonds. The molecule has 0 spiro atoms. The molecule has 3 rings (SSSR count). The summed E-state index contributed by atoms with van der Waals surface area (Å²) in [6.45, 7) is 4.12. The lowest BCUT2D eigenvalue weighted by atomic mass is 9.98. The van der Waals surface area contributed by atoms with E-state index in [4.69, 9.17) is 4.74 Å². The Kier molecular flexibility index (Phi) is 3.80. The van der Waals surface area contributed by atoms with Crippen LogP contribution in [0.15, 0.2) is 17.5 Å². The average Bonchev–Trinajstić information content (AvgIpc) is 2.85. The Morgan fingerprint density at radius 3 is 2.57 bits per heavy atom. The van der Waals surface area contributed by atoms with Gasteiger partial charge in [-0.25, -0.2) is 5.01 Å². The molecule has 6 nitrogen and oxygen atoms in total. The van der Waals surface area contributed by atoms with Crippen molar-refractivity contribution >= 4 is 11.6 Å². The van der Waals surface area contributed by atoms with Crippen LogP contribution >= 0.6 is 0 Å². The summed E-state index contributed by atoms with van der Waals surface area (Å²) >= 11 is 0. The first kappa shape index (κ1) is 14.3. The third kappa shape index (κ3) is 3.00. The fraction of sp³-hybridized carbons (Fsp3) is 0.667. The Hall–Kier alpha value is -1.69. The first-order valence-electron chi connectivity index (χ1n) is 7.57. The summed E-state index contributed by atoms with van der Waals surface area (Å²) in [7, 11) is 1.89. The normalized spacial score (nSPS) is 30.4. The predicted octanol–water partition coefficient (Wildman–Crippen LogP) is 1.70. The van der Waals surface area contributed by atoms with Gasteiger partial charge in [0, 0.05) is 31.6 Å². The van der Waals surface area contributed by atoms with E-state index in [1.807, 2.05) is 19.4 Å². The minimum absolute atomic E-state index is 0.119. The van der Waals surface area contributed by atoms with Crippen LogP contribution in [0.5, 0.6) is 0 Å². The molecule has 21 heavy (non-hydrogen) atoms. The summed E-state index contributed by atoms with van der Waals surface area (Å²) in [6.07, 6.45) is 7.00. The van der Waals surface area contributed by atoms with Crippen molar-refractivity contribution in [3.05, 3.63) is 18.0 Å². The third-order valence-electron chi connectivity index (χ3n) is 4.12. The first-order valence-corrected chi connectivity index (χ1v) is 7.57. The molecule has 0 aromatic carbocycles. The number of ether oxygens (including phenoxy) is 1. The van der Waals surface area contributed by atoms with E-state index in [0.717, 1.165) is 24.1 Å². The van der Waals surface area contributed by atoms with E-state index >= 15 is 0 Å². The largest absolute Gasteiger partial charge is 0.375 e. The van der Waals surface area contributed by atoms with E-state index in [2.05, 4.69) is 24.0 Å². The van der Waals surface area contributed by atoms with Crippen molar-refractivity contribution in [2.75, 3.05) is 0 Å². The van der Waals surface area contributed by atoms with Gasteiger partial charge < -0.3 is 4.74 Å². The molecule has 3 heterocycles. The second kappa shape index (κ2) is 5.60. The standard InChI is InChI=1S/C15H22N4O2/c1-10-6-13(7-11(2)21-10)19-15(20)5-4-14(17-19)12-8-16-18(3)9-12/h8-11,13H,4-7H2,1-3H3. The van der Waals surface area contributed by atoms with Crippen molar-refractivity contribution in [2.45, 2.75) is 57.8 Å². The van der Waals surface area contributed by atoms with Crippen LogP contribution in [0.25, 0.3) is 0 Å². The van der Waals surface area contributed by atoms with Gasteiger partial charge in [-0.15, -0.1) is 0 Å². The zero-order valence-corrected chi connectivity index (χ0v) is 12.8. The molecule has 0 bridgehead atoms. The molecule has 2 aliphatic rings. The van der Waals surface area contributed by atoms with E-state index in [1.165, 1.54) is 0 Å². The topological polar surface area (TPSA) is 59.7 Å². The fourth-order valence-corrected chi connectivity index (χ4v) is 3.20. The Labute approximate surface area is 124 Å². The number of amides is 1. The first-order chi connectivity index (χ1) is 10.0. The van der Waals surface area contributed by atoms with Crippen LogP contribution in [0.3, 0.4) is 0 Å². The molecule has 0 radical (unpaired) electrons. The molecule has 1 saturated heterocycles. The minimum Gasteiger partial charge on any atom is -0.375 e. The summed E-state index contributed by atoms with van der Waals surface area (Å²) in [4.78, 5) is 12.2. The van der Waals surface area contributed by atoms with E-state index < -0.39 is 0 Å². The number of carbonyl (C=O) groups excluding carboxylic acids is 1. The molecule has 0 saturated carbocycles. The highest BCUT2D eigenvalue weighted by molar-refractivity contribution is 6.03. The van der Waals surface area contributed by atoms with Gasteiger partial charge in [-0.3, -0.25) is 9.48 Å². The van der Waals surface area contributed by atoms with Gasteiger partial charge in [-0.2, -0.15) is 10.2 Å². The number of carbonyl (C=O) groups is 1. The Morgan fingerprint density at radius 2 is 1.95 bits per heavy atom. The molecule has 1 aromatic rings. The van der Waals surface area contributed by atoms with E-state index in [0.29, 0.717) is 12.8 Å². The monoisotopic (exact) mass is 290 g/mol. The van der Waals surface area contributed by atoms with E-state index in [9.17, 15) is 4.79 Å². The van der Waals surface area contributed by atoms with Crippen molar-refractivity contribution in [3.8, 4) is 0 Å². The highest BCUT2D eigenvalue weighted by atomic mass is 16.5. The Morgan fingerprint density at radius 1 is 1.24 bits per heavy atom. The van der Waals surface area contributed by atoms with Gasteiger partial charge in [-0.05, 0) is 26.7 Å². The predicted molar refractivity (Wildman–Crippen MR) is 78.9 cm³/mol. The molecular formula is C15H22N4O2. The molecule has 6 heteroatoms. The third-order valence-corrected chi connectivity index (χ3v) is 4.12. The maximum absolute atomic E-state index is 12.2. The molecule has 2 atom stereocenters. The number of hydrogen-bond donors (Lipinski definition) is 0. The van der Waals surface area contributed by atoms with Crippen LogP contribution in [0, 0.1) is 0 Å². The van der Waals surface area contributed by atoms with Crippen molar-refractivity contribution in [1.29, 1.82) is 0 Å². The second-order valence-corrected chi connectivity index (χ2v) is 6.07. The second-order valence-electron chi connectivity index (χ2n) is 6.07. The zero-order chi connectivity index (χ0) is 15.0. The molecule has 114 valence electrons. The lowest BCUT2D eigenvalue weighted by Crippen LogP contribution is -2.46. The lowest BCUT2D eigenvalue weighted by molar-refractivity contribution is -0.139. The van der Waals surface area contributed by atoms with Crippen LogP contribution in [0.1, 0.15) is 45.1 Å². The van der Waals surface area contributed by atoms with Crippen molar-refractivity contribution in [2.24, 2.45) is 12.1 Å². The molecule has 0 N–H and O–H groups in total. The van der Waals surface area contributed by atoms with Crippen molar-refractivity contribution in [3.63, 3.8) is 0 Å². The van der Waals surface area contributed by atoms with Gasteiger partial charge in [0.05, 0.1) is 30.2 Å².